The first-order valence-corrected chi connectivity index (χ1v) is 5.01. The number of amides is 1. The minimum Gasteiger partial charge on any atom is -0.348 e. The summed E-state index contributed by atoms with van der Waals surface area (Å²) < 4.78 is 1.80. The van der Waals surface area contributed by atoms with Gasteiger partial charge in [-0.25, -0.2) is 0 Å². The Morgan fingerprint density at radius 2 is 2.33 bits per heavy atom. The third-order valence-corrected chi connectivity index (χ3v) is 1.83. The second-order valence-electron chi connectivity index (χ2n) is 3.86. The summed E-state index contributed by atoms with van der Waals surface area (Å²) in [7, 11) is 0. The first kappa shape index (κ1) is 11.5. The Labute approximate surface area is 90.0 Å². The van der Waals surface area contributed by atoms with Crippen molar-refractivity contribution in [3.8, 4) is 0 Å². The third-order valence-electron chi connectivity index (χ3n) is 1.83. The second kappa shape index (κ2) is 5.34. The molecule has 4 nitrogen and oxygen atoms in total. The standard InChI is InChI=1S/C11H17N3O/c1-9(2)7-11(15)13-10(3)8-14-6-4-5-12-14/h4-7,10H,8H2,1-3H3,(H,13,15). The highest BCUT2D eigenvalue weighted by Gasteiger charge is 2.05. The molecule has 1 N–H and O–H groups in total. The summed E-state index contributed by atoms with van der Waals surface area (Å²) in [5.41, 5.74) is 0.999. The molecule has 0 aliphatic heterocycles. The molecule has 0 saturated carbocycles. The van der Waals surface area contributed by atoms with E-state index in [1.807, 2.05) is 33.0 Å². The number of hydrogen-bond acceptors (Lipinski definition) is 2. The number of nitrogens with one attached hydrogen (secondary N) is 1. The van der Waals surface area contributed by atoms with E-state index < -0.39 is 0 Å². The molecule has 0 radical (unpaired) electrons. The van der Waals surface area contributed by atoms with Gasteiger partial charge >= 0.3 is 0 Å². The van der Waals surface area contributed by atoms with Gasteiger partial charge in [-0.2, -0.15) is 5.10 Å². The van der Waals surface area contributed by atoms with E-state index >= 15 is 0 Å². The summed E-state index contributed by atoms with van der Waals surface area (Å²) >= 11 is 0. The van der Waals surface area contributed by atoms with Gasteiger partial charge in [0.15, 0.2) is 0 Å². The zero-order valence-electron chi connectivity index (χ0n) is 9.40. The van der Waals surface area contributed by atoms with Crippen molar-refractivity contribution < 1.29 is 4.79 Å². The highest BCUT2D eigenvalue weighted by molar-refractivity contribution is 5.88. The van der Waals surface area contributed by atoms with Crippen LogP contribution in [0.2, 0.25) is 0 Å². The average Bonchev–Trinajstić information content (AvgIpc) is 2.53. The van der Waals surface area contributed by atoms with Gasteiger partial charge in [0.1, 0.15) is 0 Å². The molecule has 1 amide bonds. The van der Waals surface area contributed by atoms with Gasteiger partial charge in [0, 0.05) is 24.5 Å². The Balaban J connectivity index is 2.39. The Morgan fingerprint density at radius 1 is 1.60 bits per heavy atom. The highest BCUT2D eigenvalue weighted by atomic mass is 16.1. The molecule has 1 aromatic heterocycles. The molecule has 1 rings (SSSR count). The molecule has 1 unspecified atom stereocenters. The Bertz CT molecular complexity index is 337. The van der Waals surface area contributed by atoms with Crippen LogP contribution in [0.3, 0.4) is 0 Å². The van der Waals surface area contributed by atoms with Crippen LogP contribution >= 0.6 is 0 Å². The number of allylic oxidation sites excluding steroid dienone is 1. The predicted molar refractivity (Wildman–Crippen MR) is 59.3 cm³/mol. The Morgan fingerprint density at radius 3 is 2.87 bits per heavy atom. The lowest BCUT2D eigenvalue weighted by molar-refractivity contribution is -0.117. The summed E-state index contributed by atoms with van der Waals surface area (Å²) in [4.78, 5) is 11.4. The maximum Gasteiger partial charge on any atom is 0.244 e. The summed E-state index contributed by atoms with van der Waals surface area (Å²) in [5, 5.41) is 6.95. The predicted octanol–water partition coefficient (Wildman–Crippen LogP) is 1.35. The van der Waals surface area contributed by atoms with E-state index in [1.54, 1.807) is 17.0 Å². The van der Waals surface area contributed by atoms with Crippen LogP contribution in [0, 0.1) is 0 Å². The minimum atomic E-state index is -0.0466. The van der Waals surface area contributed by atoms with Crippen LogP contribution in [0.1, 0.15) is 20.8 Å². The lowest BCUT2D eigenvalue weighted by atomic mass is 10.3. The van der Waals surface area contributed by atoms with Crippen LogP contribution in [-0.2, 0) is 11.3 Å². The molecule has 0 aromatic carbocycles. The average molecular weight is 207 g/mol. The SMILES string of the molecule is CC(C)=CC(=O)NC(C)Cn1cccn1. The highest BCUT2D eigenvalue weighted by Crippen LogP contribution is 1.92. The molecule has 1 aromatic rings. The molecule has 0 aliphatic rings. The van der Waals surface area contributed by atoms with Gasteiger partial charge in [-0.05, 0) is 26.8 Å². The monoisotopic (exact) mass is 207 g/mol. The van der Waals surface area contributed by atoms with Crippen LogP contribution in [-0.4, -0.2) is 21.7 Å². The summed E-state index contributed by atoms with van der Waals surface area (Å²) in [5.74, 6) is -0.0466. The summed E-state index contributed by atoms with van der Waals surface area (Å²) in [6.07, 6.45) is 5.20. The second-order valence-corrected chi connectivity index (χ2v) is 3.86. The third kappa shape index (κ3) is 4.44. The molecule has 0 aliphatic carbocycles. The quantitative estimate of drug-likeness (QED) is 0.758. The van der Waals surface area contributed by atoms with Crippen molar-refractivity contribution >= 4 is 5.91 Å². The molecular formula is C11H17N3O. The molecular weight excluding hydrogens is 190 g/mol. The van der Waals surface area contributed by atoms with Gasteiger partial charge < -0.3 is 5.32 Å². The fraction of sp³-hybridized carbons (Fsp3) is 0.455. The molecule has 15 heavy (non-hydrogen) atoms. The van der Waals surface area contributed by atoms with Crippen molar-refractivity contribution in [2.45, 2.75) is 33.4 Å². The first-order valence-electron chi connectivity index (χ1n) is 5.01. The topological polar surface area (TPSA) is 46.9 Å². The van der Waals surface area contributed by atoms with E-state index in [1.165, 1.54) is 0 Å². The van der Waals surface area contributed by atoms with Gasteiger partial charge in [-0.15, -0.1) is 0 Å². The number of carbonyl (C=O) groups excluding carboxylic acids is 1. The van der Waals surface area contributed by atoms with E-state index in [0.29, 0.717) is 6.54 Å². The van der Waals surface area contributed by atoms with Gasteiger partial charge in [0.2, 0.25) is 5.91 Å². The lowest BCUT2D eigenvalue weighted by Gasteiger charge is -2.12. The molecule has 0 spiro atoms. The zero-order chi connectivity index (χ0) is 11.3. The fourth-order valence-corrected chi connectivity index (χ4v) is 1.28. The summed E-state index contributed by atoms with van der Waals surface area (Å²) in [6.45, 7) is 6.45. The Kier molecular flexibility index (Phi) is 4.09. The van der Waals surface area contributed by atoms with Crippen molar-refractivity contribution in [2.75, 3.05) is 0 Å². The number of carbonyl (C=O) groups is 1. The van der Waals surface area contributed by atoms with E-state index in [9.17, 15) is 4.79 Å². The molecule has 0 saturated heterocycles. The van der Waals surface area contributed by atoms with Gasteiger partial charge in [0.05, 0.1) is 6.54 Å². The molecule has 1 atom stereocenters. The fourth-order valence-electron chi connectivity index (χ4n) is 1.28. The van der Waals surface area contributed by atoms with Gasteiger partial charge in [0.25, 0.3) is 0 Å². The minimum absolute atomic E-state index is 0.0466. The zero-order valence-corrected chi connectivity index (χ0v) is 9.40. The largest absolute Gasteiger partial charge is 0.348 e. The van der Waals surface area contributed by atoms with E-state index in [4.69, 9.17) is 0 Å². The first-order chi connectivity index (χ1) is 7.08. The van der Waals surface area contributed by atoms with Crippen molar-refractivity contribution in [3.05, 3.63) is 30.1 Å². The smallest absolute Gasteiger partial charge is 0.244 e. The van der Waals surface area contributed by atoms with Crippen molar-refractivity contribution in [2.24, 2.45) is 0 Å². The Hall–Kier alpha value is -1.58. The van der Waals surface area contributed by atoms with Crippen LogP contribution < -0.4 is 5.32 Å². The number of aromatic nitrogens is 2. The molecule has 4 heteroatoms. The van der Waals surface area contributed by atoms with Crippen molar-refractivity contribution in [3.63, 3.8) is 0 Å². The van der Waals surface area contributed by atoms with Crippen molar-refractivity contribution in [1.82, 2.24) is 15.1 Å². The number of nitrogens with zero attached hydrogens (tertiary/aromatic N) is 2. The molecule has 0 bridgehead atoms. The maximum atomic E-state index is 11.4. The van der Waals surface area contributed by atoms with Gasteiger partial charge in [-0.3, -0.25) is 9.48 Å². The van der Waals surface area contributed by atoms with Crippen LogP contribution in [0.15, 0.2) is 30.1 Å². The number of rotatable bonds is 4. The lowest BCUT2D eigenvalue weighted by Crippen LogP contribution is -2.34. The van der Waals surface area contributed by atoms with Crippen LogP contribution in [0.25, 0.3) is 0 Å². The number of hydrogen-bond donors (Lipinski definition) is 1. The van der Waals surface area contributed by atoms with E-state index in [0.717, 1.165) is 5.57 Å². The van der Waals surface area contributed by atoms with Crippen LogP contribution in [0.4, 0.5) is 0 Å². The molecule has 1 heterocycles. The van der Waals surface area contributed by atoms with E-state index in [2.05, 4.69) is 10.4 Å². The molecule has 82 valence electrons. The normalized spacial score (nSPS) is 11.9. The molecule has 0 fully saturated rings. The van der Waals surface area contributed by atoms with Crippen LogP contribution in [0.5, 0.6) is 0 Å². The van der Waals surface area contributed by atoms with Gasteiger partial charge in [-0.1, -0.05) is 5.57 Å². The van der Waals surface area contributed by atoms with Crippen molar-refractivity contribution in [1.29, 1.82) is 0 Å². The van der Waals surface area contributed by atoms with E-state index in [-0.39, 0.29) is 11.9 Å². The maximum absolute atomic E-state index is 11.4. The summed E-state index contributed by atoms with van der Waals surface area (Å²) in [6, 6.07) is 1.94.